The lowest BCUT2D eigenvalue weighted by atomic mass is 10.1. The molecule has 0 spiro atoms. The maximum Gasteiger partial charge on any atom is 0.343 e. The summed E-state index contributed by atoms with van der Waals surface area (Å²) < 4.78 is 10.1. The van der Waals surface area contributed by atoms with E-state index in [0.717, 1.165) is 0 Å². The van der Waals surface area contributed by atoms with Crippen LogP contribution >= 0.6 is 0 Å². The fraction of sp³-hybridized carbons (Fsp3) is 0.375. The van der Waals surface area contributed by atoms with Crippen molar-refractivity contribution in [2.45, 2.75) is 26.7 Å². The summed E-state index contributed by atoms with van der Waals surface area (Å²) in [6.45, 7) is 3.81. The van der Waals surface area contributed by atoms with Gasteiger partial charge in [0.05, 0.1) is 19.4 Å². The normalized spacial score (nSPS) is 10.9. The lowest BCUT2D eigenvalue weighted by Gasteiger charge is -2.10. The Morgan fingerprint density at radius 2 is 1.95 bits per heavy atom. The van der Waals surface area contributed by atoms with Crippen LogP contribution in [0.4, 0.5) is 5.69 Å². The Hall–Kier alpha value is -2.30. The first-order valence-corrected chi connectivity index (χ1v) is 6.94. The average Bonchev–Trinajstić information content (AvgIpc) is 2.48. The standard InChI is InChI=1S/C16H21NO4/c1-4-8-14(18)12(16(19)21-5-2)11-17-13-9-6-7-10-15(13)20-3/h6-7,9-11,17H,4-5,8H2,1-3H3/b12-11-. The van der Waals surface area contributed by atoms with E-state index in [0.29, 0.717) is 24.3 Å². The van der Waals surface area contributed by atoms with Gasteiger partial charge in [0.15, 0.2) is 5.78 Å². The van der Waals surface area contributed by atoms with Gasteiger partial charge in [-0.3, -0.25) is 4.79 Å². The maximum absolute atomic E-state index is 12.0. The molecular formula is C16H21NO4. The molecule has 0 amide bonds. The average molecular weight is 291 g/mol. The molecule has 0 aliphatic carbocycles. The number of ether oxygens (including phenoxy) is 2. The molecule has 0 aliphatic rings. The zero-order chi connectivity index (χ0) is 15.7. The van der Waals surface area contributed by atoms with Gasteiger partial charge in [0.25, 0.3) is 0 Å². The molecule has 0 atom stereocenters. The van der Waals surface area contributed by atoms with Crippen molar-refractivity contribution < 1.29 is 19.1 Å². The molecule has 0 saturated carbocycles. The van der Waals surface area contributed by atoms with Gasteiger partial charge in [0.2, 0.25) is 0 Å². The van der Waals surface area contributed by atoms with Gasteiger partial charge in [-0.2, -0.15) is 0 Å². The minimum absolute atomic E-state index is 0.0182. The van der Waals surface area contributed by atoms with Crippen LogP contribution in [0.1, 0.15) is 26.7 Å². The van der Waals surface area contributed by atoms with Crippen molar-refractivity contribution in [1.29, 1.82) is 0 Å². The Bertz CT molecular complexity index is 503. The van der Waals surface area contributed by atoms with Crippen molar-refractivity contribution in [3.8, 4) is 5.75 Å². The van der Waals surface area contributed by atoms with Gasteiger partial charge < -0.3 is 14.8 Å². The smallest absolute Gasteiger partial charge is 0.343 e. The summed E-state index contributed by atoms with van der Waals surface area (Å²) in [6, 6.07) is 7.25. The number of rotatable bonds is 8. The highest BCUT2D eigenvalue weighted by Crippen LogP contribution is 2.23. The molecule has 0 aliphatic heterocycles. The third kappa shape index (κ3) is 4.95. The lowest BCUT2D eigenvalue weighted by Crippen LogP contribution is -2.17. The largest absolute Gasteiger partial charge is 0.495 e. The van der Waals surface area contributed by atoms with Crippen molar-refractivity contribution in [3.63, 3.8) is 0 Å². The van der Waals surface area contributed by atoms with Crippen LogP contribution in [0.5, 0.6) is 5.75 Å². The molecule has 1 rings (SSSR count). The molecule has 0 fully saturated rings. The highest BCUT2D eigenvalue weighted by Gasteiger charge is 2.18. The predicted molar refractivity (Wildman–Crippen MR) is 81.2 cm³/mol. The topological polar surface area (TPSA) is 64.6 Å². The van der Waals surface area contributed by atoms with Crippen LogP contribution in [0.15, 0.2) is 36.0 Å². The number of methoxy groups -OCH3 is 1. The number of benzene rings is 1. The van der Waals surface area contributed by atoms with Crippen molar-refractivity contribution in [3.05, 3.63) is 36.0 Å². The van der Waals surface area contributed by atoms with Crippen LogP contribution in [0, 0.1) is 0 Å². The van der Waals surface area contributed by atoms with Gasteiger partial charge in [0.1, 0.15) is 11.3 Å². The van der Waals surface area contributed by atoms with E-state index < -0.39 is 5.97 Å². The summed E-state index contributed by atoms with van der Waals surface area (Å²) in [5, 5.41) is 2.93. The van der Waals surface area contributed by atoms with Crippen molar-refractivity contribution in [1.82, 2.24) is 0 Å². The number of nitrogens with one attached hydrogen (secondary N) is 1. The van der Waals surface area contributed by atoms with Crippen LogP contribution in [0.25, 0.3) is 0 Å². The first kappa shape index (κ1) is 16.8. The number of hydrogen-bond donors (Lipinski definition) is 1. The van der Waals surface area contributed by atoms with Crippen molar-refractivity contribution in [2.75, 3.05) is 19.0 Å². The van der Waals surface area contributed by atoms with Gasteiger partial charge in [-0.15, -0.1) is 0 Å². The molecule has 21 heavy (non-hydrogen) atoms. The van der Waals surface area contributed by atoms with E-state index >= 15 is 0 Å². The van der Waals surface area contributed by atoms with E-state index in [4.69, 9.17) is 9.47 Å². The highest BCUT2D eigenvalue weighted by molar-refractivity contribution is 6.17. The number of ketones is 1. The molecule has 0 radical (unpaired) electrons. The van der Waals surface area contributed by atoms with Gasteiger partial charge >= 0.3 is 5.97 Å². The SMILES string of the molecule is CCCC(=O)/C(=C/Nc1ccccc1OC)C(=O)OCC. The van der Waals surface area contributed by atoms with E-state index in [2.05, 4.69) is 5.32 Å². The summed E-state index contributed by atoms with van der Waals surface area (Å²) in [4.78, 5) is 23.8. The predicted octanol–water partition coefficient (Wildman–Crippen LogP) is 2.92. The fourth-order valence-electron chi connectivity index (χ4n) is 1.74. The van der Waals surface area contributed by atoms with Crippen LogP contribution in [0.2, 0.25) is 0 Å². The molecule has 0 saturated heterocycles. The van der Waals surface area contributed by atoms with E-state index in [-0.39, 0.29) is 18.0 Å². The van der Waals surface area contributed by atoms with E-state index in [1.165, 1.54) is 6.20 Å². The van der Waals surface area contributed by atoms with Gasteiger partial charge in [-0.1, -0.05) is 19.1 Å². The first-order valence-electron chi connectivity index (χ1n) is 6.94. The fourth-order valence-corrected chi connectivity index (χ4v) is 1.74. The Morgan fingerprint density at radius 1 is 1.24 bits per heavy atom. The summed E-state index contributed by atoms with van der Waals surface area (Å²) in [7, 11) is 1.55. The van der Waals surface area contributed by atoms with Crippen molar-refractivity contribution >= 4 is 17.4 Å². The lowest BCUT2D eigenvalue weighted by molar-refractivity contribution is -0.140. The molecule has 0 aromatic heterocycles. The van der Waals surface area contributed by atoms with E-state index in [9.17, 15) is 9.59 Å². The number of para-hydroxylation sites is 2. The van der Waals surface area contributed by atoms with Gasteiger partial charge in [-0.25, -0.2) is 4.79 Å². The Morgan fingerprint density at radius 3 is 2.57 bits per heavy atom. The Balaban J connectivity index is 2.97. The summed E-state index contributed by atoms with van der Waals surface area (Å²) in [6.07, 6.45) is 2.36. The summed E-state index contributed by atoms with van der Waals surface area (Å²) in [5.74, 6) is -0.225. The molecule has 0 unspecified atom stereocenters. The molecule has 0 heterocycles. The molecule has 1 aromatic rings. The van der Waals surface area contributed by atoms with Crippen LogP contribution in [0.3, 0.4) is 0 Å². The number of esters is 1. The summed E-state index contributed by atoms with van der Waals surface area (Å²) in [5.41, 5.74) is 0.690. The number of anilines is 1. The molecule has 5 nitrogen and oxygen atoms in total. The van der Waals surface area contributed by atoms with Crippen LogP contribution < -0.4 is 10.1 Å². The van der Waals surface area contributed by atoms with Gasteiger partial charge in [0, 0.05) is 12.6 Å². The number of Topliss-reactive ketones (excluding diaryl/α,β-unsaturated/α-hetero) is 1. The first-order chi connectivity index (χ1) is 10.1. The molecule has 1 aromatic carbocycles. The van der Waals surface area contributed by atoms with Crippen LogP contribution in [-0.2, 0) is 14.3 Å². The second-order valence-electron chi connectivity index (χ2n) is 4.30. The zero-order valence-corrected chi connectivity index (χ0v) is 12.6. The van der Waals surface area contributed by atoms with E-state index in [1.54, 1.807) is 26.2 Å². The zero-order valence-electron chi connectivity index (χ0n) is 12.6. The van der Waals surface area contributed by atoms with E-state index in [1.807, 2.05) is 19.1 Å². The third-order valence-electron chi connectivity index (χ3n) is 2.75. The van der Waals surface area contributed by atoms with Crippen molar-refractivity contribution in [2.24, 2.45) is 0 Å². The highest BCUT2D eigenvalue weighted by atomic mass is 16.5. The maximum atomic E-state index is 12.0. The Labute approximate surface area is 124 Å². The monoisotopic (exact) mass is 291 g/mol. The van der Waals surface area contributed by atoms with Gasteiger partial charge in [-0.05, 0) is 25.5 Å². The Kier molecular flexibility index (Phi) is 7.01. The molecular weight excluding hydrogens is 270 g/mol. The molecule has 114 valence electrons. The second-order valence-corrected chi connectivity index (χ2v) is 4.30. The molecule has 5 heteroatoms. The van der Waals surface area contributed by atoms with Crippen LogP contribution in [-0.4, -0.2) is 25.5 Å². The molecule has 0 bridgehead atoms. The second kappa shape index (κ2) is 8.79. The minimum atomic E-state index is -0.613. The quantitative estimate of drug-likeness (QED) is 0.345. The number of carbonyl (C=O) groups excluding carboxylic acids is 2. The number of carbonyl (C=O) groups is 2. The minimum Gasteiger partial charge on any atom is -0.495 e. The molecule has 1 N–H and O–H groups in total. The third-order valence-corrected chi connectivity index (χ3v) is 2.75. The number of hydrogen-bond acceptors (Lipinski definition) is 5. The summed E-state index contributed by atoms with van der Waals surface area (Å²) >= 11 is 0.